The van der Waals surface area contributed by atoms with Gasteiger partial charge >= 0.3 is 0 Å². The summed E-state index contributed by atoms with van der Waals surface area (Å²) in [6.07, 6.45) is 0. The van der Waals surface area contributed by atoms with E-state index in [-0.39, 0.29) is 0 Å². The molecular weight excluding hydrogens is 755 g/mol. The van der Waals surface area contributed by atoms with E-state index in [1.54, 1.807) is 0 Å². The van der Waals surface area contributed by atoms with Crippen LogP contribution in [-0.4, -0.2) is 0 Å². The predicted octanol–water partition coefficient (Wildman–Crippen LogP) is 16.4. The highest BCUT2D eigenvalue weighted by Crippen LogP contribution is 2.60. The molecule has 0 radical (unpaired) electrons. The van der Waals surface area contributed by atoms with E-state index >= 15 is 0 Å². The Morgan fingerprint density at radius 1 is 0.361 bits per heavy atom. The van der Waals surface area contributed by atoms with Crippen LogP contribution < -0.4 is 4.90 Å². The van der Waals surface area contributed by atoms with Crippen LogP contribution in [0.3, 0.4) is 0 Å². The summed E-state index contributed by atoms with van der Waals surface area (Å²) in [4.78, 5) is 2.53. The molecule has 1 aromatic heterocycles. The predicted molar refractivity (Wildman–Crippen MR) is 260 cm³/mol. The number of benzene rings is 10. The average Bonchev–Trinajstić information content (AvgIpc) is 3.87. The molecule has 11 aromatic rings. The Bertz CT molecular complexity index is 3370. The zero-order chi connectivity index (χ0) is 40.3. The van der Waals surface area contributed by atoms with Crippen LogP contribution in [0.15, 0.2) is 237 Å². The number of anilines is 3. The standard InChI is InChI=1S/C59H39NS/c1-3-21-44(22-4-1)59(45-23-5-2-6-24-45)51-29-11-9-26-49(51)57-52(59)30-15-31-53(57)60(54-32-16-34-56-58(54)50-27-10-12-33-55(50)61-56)46-37-35-40(36-38-46)42-19-13-20-43(39-42)48-28-14-18-41-17-7-8-25-47(41)48/h1-39H. The molecule has 12 rings (SSSR count). The van der Waals surface area contributed by atoms with Crippen LogP contribution in [0, 0.1) is 0 Å². The van der Waals surface area contributed by atoms with Crippen molar-refractivity contribution < 1.29 is 0 Å². The van der Waals surface area contributed by atoms with Gasteiger partial charge in [-0.1, -0.05) is 194 Å². The number of rotatable bonds is 7. The fourth-order valence-electron chi connectivity index (χ4n) is 10.2. The third-order valence-electron chi connectivity index (χ3n) is 12.7. The molecule has 286 valence electrons. The smallest absolute Gasteiger partial charge is 0.0714 e. The Balaban J connectivity index is 1.09. The molecule has 0 unspecified atom stereocenters. The molecule has 0 saturated carbocycles. The van der Waals surface area contributed by atoms with Crippen molar-refractivity contribution in [2.24, 2.45) is 0 Å². The first-order chi connectivity index (χ1) is 30.3. The molecule has 0 N–H and O–H groups in total. The first kappa shape index (κ1) is 35.4. The summed E-state index contributed by atoms with van der Waals surface area (Å²) in [5.41, 5.74) is 15.4. The normalized spacial score (nSPS) is 12.7. The Morgan fingerprint density at radius 2 is 0.934 bits per heavy atom. The van der Waals surface area contributed by atoms with Crippen LogP contribution in [0.2, 0.25) is 0 Å². The number of thiophene rings is 1. The molecule has 0 spiro atoms. The van der Waals surface area contributed by atoms with E-state index in [9.17, 15) is 0 Å². The SMILES string of the molecule is c1ccc(C2(c3ccccc3)c3ccccc3-c3c(N(c4ccc(-c5cccc(-c6cccc7ccccc67)c5)cc4)c4cccc5sc6ccccc6c45)cccc32)cc1. The van der Waals surface area contributed by atoms with E-state index in [0.29, 0.717) is 0 Å². The second-order valence-corrected chi connectivity index (χ2v) is 17.0. The first-order valence-corrected chi connectivity index (χ1v) is 21.8. The lowest BCUT2D eigenvalue weighted by molar-refractivity contribution is 0.768. The minimum absolute atomic E-state index is 0.504. The zero-order valence-corrected chi connectivity index (χ0v) is 34.2. The number of hydrogen-bond donors (Lipinski definition) is 0. The molecule has 1 aliphatic rings. The Hall–Kier alpha value is -7.52. The highest BCUT2D eigenvalue weighted by molar-refractivity contribution is 7.26. The lowest BCUT2D eigenvalue weighted by Gasteiger charge is -2.34. The summed E-state index contributed by atoms with van der Waals surface area (Å²) in [5, 5.41) is 5.07. The van der Waals surface area contributed by atoms with Gasteiger partial charge in [0.15, 0.2) is 0 Å². The van der Waals surface area contributed by atoms with Gasteiger partial charge in [-0.15, -0.1) is 11.3 Å². The second-order valence-electron chi connectivity index (χ2n) is 16.0. The zero-order valence-electron chi connectivity index (χ0n) is 33.4. The van der Waals surface area contributed by atoms with E-state index in [1.807, 2.05) is 11.3 Å². The molecule has 1 heterocycles. The molecule has 0 aliphatic heterocycles. The Morgan fingerprint density at radius 3 is 1.75 bits per heavy atom. The van der Waals surface area contributed by atoms with Gasteiger partial charge in [0.25, 0.3) is 0 Å². The summed E-state index contributed by atoms with van der Waals surface area (Å²) in [7, 11) is 0. The Labute approximate surface area is 360 Å². The van der Waals surface area contributed by atoms with Crippen molar-refractivity contribution >= 4 is 59.3 Å². The van der Waals surface area contributed by atoms with E-state index in [4.69, 9.17) is 0 Å². The maximum absolute atomic E-state index is 2.53. The summed E-state index contributed by atoms with van der Waals surface area (Å²) in [5.74, 6) is 0. The van der Waals surface area contributed by atoms with Crippen molar-refractivity contribution in [2.45, 2.75) is 5.41 Å². The van der Waals surface area contributed by atoms with Gasteiger partial charge in [-0.25, -0.2) is 0 Å². The Kier molecular flexibility index (Phi) is 8.33. The lowest BCUT2D eigenvalue weighted by atomic mass is 9.68. The van der Waals surface area contributed by atoms with Crippen LogP contribution in [0.25, 0.3) is 64.3 Å². The molecule has 2 heteroatoms. The molecule has 1 aliphatic carbocycles. The van der Waals surface area contributed by atoms with Crippen LogP contribution in [0.1, 0.15) is 22.3 Å². The topological polar surface area (TPSA) is 3.24 Å². The van der Waals surface area contributed by atoms with Gasteiger partial charge in [-0.3, -0.25) is 0 Å². The maximum atomic E-state index is 2.53. The maximum Gasteiger partial charge on any atom is 0.0714 e. The van der Waals surface area contributed by atoms with Crippen molar-refractivity contribution in [3.63, 3.8) is 0 Å². The quantitative estimate of drug-likeness (QED) is 0.155. The van der Waals surface area contributed by atoms with Crippen LogP contribution in [-0.2, 0) is 5.41 Å². The van der Waals surface area contributed by atoms with Crippen LogP contribution in [0.5, 0.6) is 0 Å². The molecule has 61 heavy (non-hydrogen) atoms. The third-order valence-corrected chi connectivity index (χ3v) is 13.9. The van der Waals surface area contributed by atoms with Gasteiger partial charge in [-0.2, -0.15) is 0 Å². The third kappa shape index (κ3) is 5.53. The van der Waals surface area contributed by atoms with Crippen molar-refractivity contribution in [3.8, 4) is 33.4 Å². The summed E-state index contributed by atoms with van der Waals surface area (Å²) < 4.78 is 2.57. The fourth-order valence-corrected chi connectivity index (χ4v) is 11.3. The first-order valence-electron chi connectivity index (χ1n) is 21.0. The number of hydrogen-bond acceptors (Lipinski definition) is 2. The van der Waals surface area contributed by atoms with Gasteiger partial charge in [0.2, 0.25) is 0 Å². The second kappa shape index (κ2) is 14.3. The van der Waals surface area contributed by atoms with Gasteiger partial charge in [0.05, 0.1) is 16.8 Å². The lowest BCUT2D eigenvalue weighted by Crippen LogP contribution is -2.28. The number of nitrogens with zero attached hydrogens (tertiary/aromatic N) is 1. The summed E-state index contributed by atoms with van der Waals surface area (Å²) in [6, 6.07) is 87.3. The number of fused-ring (bicyclic) bond motifs is 7. The average molecular weight is 794 g/mol. The minimum atomic E-state index is -0.504. The van der Waals surface area contributed by atoms with E-state index in [0.717, 1.165) is 11.4 Å². The molecule has 10 aromatic carbocycles. The molecule has 0 fully saturated rings. The highest BCUT2D eigenvalue weighted by Gasteiger charge is 2.47. The largest absolute Gasteiger partial charge is 0.309 e. The molecule has 0 saturated heterocycles. The molecule has 0 bridgehead atoms. The molecular formula is C59H39NS. The van der Waals surface area contributed by atoms with Crippen molar-refractivity contribution in [3.05, 3.63) is 259 Å². The monoisotopic (exact) mass is 793 g/mol. The van der Waals surface area contributed by atoms with Gasteiger partial charge < -0.3 is 4.90 Å². The molecule has 1 nitrogen and oxygen atoms in total. The minimum Gasteiger partial charge on any atom is -0.309 e. The molecule has 0 atom stereocenters. The summed E-state index contributed by atoms with van der Waals surface area (Å²) >= 11 is 1.87. The van der Waals surface area contributed by atoms with Crippen molar-refractivity contribution in [1.82, 2.24) is 0 Å². The van der Waals surface area contributed by atoms with Gasteiger partial charge in [0, 0.05) is 31.4 Å². The van der Waals surface area contributed by atoms with Crippen molar-refractivity contribution in [1.29, 1.82) is 0 Å². The van der Waals surface area contributed by atoms with Gasteiger partial charge in [-0.05, 0) is 103 Å². The van der Waals surface area contributed by atoms with E-state index in [2.05, 4.69) is 241 Å². The fraction of sp³-hybridized carbons (Fsp3) is 0.0169. The van der Waals surface area contributed by atoms with Gasteiger partial charge in [0.1, 0.15) is 0 Å². The van der Waals surface area contributed by atoms with Crippen LogP contribution >= 0.6 is 11.3 Å². The van der Waals surface area contributed by atoms with E-state index < -0.39 is 5.41 Å². The van der Waals surface area contributed by atoms with Crippen LogP contribution in [0.4, 0.5) is 17.1 Å². The summed E-state index contributed by atoms with van der Waals surface area (Å²) in [6.45, 7) is 0. The van der Waals surface area contributed by atoms with Crippen molar-refractivity contribution in [2.75, 3.05) is 4.90 Å². The van der Waals surface area contributed by atoms with E-state index in [1.165, 1.54) is 92.3 Å². The molecule has 0 amide bonds. The highest BCUT2D eigenvalue weighted by atomic mass is 32.1.